The van der Waals surface area contributed by atoms with Gasteiger partial charge < -0.3 is 5.73 Å². The van der Waals surface area contributed by atoms with Crippen molar-refractivity contribution in [3.63, 3.8) is 0 Å². The minimum atomic E-state index is 0.132. The minimum absolute atomic E-state index is 0.132. The van der Waals surface area contributed by atoms with Crippen molar-refractivity contribution >= 4 is 0 Å². The van der Waals surface area contributed by atoms with Gasteiger partial charge in [0.1, 0.15) is 0 Å². The summed E-state index contributed by atoms with van der Waals surface area (Å²) in [5.74, 6) is 0.779. The average Bonchev–Trinajstić information content (AvgIpc) is 3.07. The maximum absolute atomic E-state index is 6.24. The number of hydrogen-bond acceptors (Lipinski definition) is 1. The van der Waals surface area contributed by atoms with Crippen molar-refractivity contribution in [1.29, 1.82) is 0 Å². The maximum Gasteiger partial charge on any atom is 0.0196 e. The Hall–Kier alpha value is -0.820. The van der Waals surface area contributed by atoms with Crippen LogP contribution in [0.25, 0.3) is 0 Å². The summed E-state index contributed by atoms with van der Waals surface area (Å²) in [5.41, 5.74) is 9.93. The standard InChI is InChI=1S/C18H27N/c1-17(2)8-6-15(7-9-17)16-5-3-4-14(12-16)13-18(19)10-11-18/h3-5,12,15H,6-11,13,19H2,1-2H3. The highest BCUT2D eigenvalue weighted by atomic mass is 14.8. The van der Waals surface area contributed by atoms with E-state index in [1.807, 2.05) is 0 Å². The fourth-order valence-corrected chi connectivity index (χ4v) is 3.43. The van der Waals surface area contributed by atoms with E-state index in [1.165, 1.54) is 44.1 Å². The third-order valence-corrected chi connectivity index (χ3v) is 5.21. The van der Waals surface area contributed by atoms with Crippen LogP contribution in [0.5, 0.6) is 0 Å². The van der Waals surface area contributed by atoms with E-state index in [0.29, 0.717) is 5.41 Å². The lowest BCUT2D eigenvalue weighted by molar-refractivity contribution is 0.224. The summed E-state index contributed by atoms with van der Waals surface area (Å²) >= 11 is 0. The SMILES string of the molecule is CC1(C)CCC(c2cccc(CC3(N)CC3)c2)CC1. The molecular weight excluding hydrogens is 230 g/mol. The average molecular weight is 257 g/mol. The number of hydrogen-bond donors (Lipinski definition) is 1. The Balaban J connectivity index is 1.69. The molecule has 3 rings (SSSR count). The van der Waals surface area contributed by atoms with Crippen LogP contribution >= 0.6 is 0 Å². The molecule has 1 nitrogen and oxygen atoms in total. The summed E-state index contributed by atoms with van der Waals surface area (Å²) in [6, 6.07) is 9.23. The zero-order chi connectivity index (χ0) is 13.5. The van der Waals surface area contributed by atoms with Gasteiger partial charge in [-0.3, -0.25) is 0 Å². The lowest BCUT2D eigenvalue weighted by atomic mass is 9.71. The van der Waals surface area contributed by atoms with E-state index < -0.39 is 0 Å². The van der Waals surface area contributed by atoms with Crippen LogP contribution in [0.3, 0.4) is 0 Å². The molecule has 0 atom stereocenters. The van der Waals surface area contributed by atoms with E-state index in [2.05, 4.69) is 38.1 Å². The zero-order valence-corrected chi connectivity index (χ0v) is 12.4. The molecule has 1 heteroatoms. The van der Waals surface area contributed by atoms with Crippen LogP contribution < -0.4 is 5.73 Å². The molecule has 0 unspecified atom stereocenters. The Morgan fingerprint density at radius 2 is 1.79 bits per heavy atom. The molecule has 0 saturated heterocycles. The van der Waals surface area contributed by atoms with Crippen molar-refractivity contribution in [2.24, 2.45) is 11.1 Å². The van der Waals surface area contributed by atoms with Crippen molar-refractivity contribution in [3.05, 3.63) is 35.4 Å². The summed E-state index contributed by atoms with van der Waals surface area (Å²) in [6.07, 6.45) is 8.91. The summed E-state index contributed by atoms with van der Waals surface area (Å²) < 4.78 is 0. The highest BCUT2D eigenvalue weighted by molar-refractivity contribution is 5.29. The maximum atomic E-state index is 6.24. The first kappa shape index (κ1) is 13.2. The van der Waals surface area contributed by atoms with Crippen LogP contribution in [0.1, 0.15) is 69.4 Å². The monoisotopic (exact) mass is 257 g/mol. The quantitative estimate of drug-likeness (QED) is 0.853. The van der Waals surface area contributed by atoms with Crippen molar-refractivity contribution < 1.29 is 0 Å². The number of benzene rings is 1. The fraction of sp³-hybridized carbons (Fsp3) is 0.667. The fourth-order valence-electron chi connectivity index (χ4n) is 3.43. The van der Waals surface area contributed by atoms with Crippen molar-refractivity contribution in [2.45, 2.75) is 70.3 Å². The molecule has 0 bridgehead atoms. The topological polar surface area (TPSA) is 26.0 Å². The van der Waals surface area contributed by atoms with Gasteiger partial charge in [0, 0.05) is 5.54 Å². The first-order valence-electron chi connectivity index (χ1n) is 7.84. The predicted molar refractivity (Wildman–Crippen MR) is 81.3 cm³/mol. The van der Waals surface area contributed by atoms with Gasteiger partial charge in [0.25, 0.3) is 0 Å². The lowest BCUT2D eigenvalue weighted by Gasteiger charge is -2.34. The minimum Gasteiger partial charge on any atom is -0.325 e. The Labute approximate surface area is 117 Å². The third kappa shape index (κ3) is 3.20. The highest BCUT2D eigenvalue weighted by Crippen LogP contribution is 2.43. The molecule has 0 aliphatic heterocycles. The van der Waals surface area contributed by atoms with Crippen LogP contribution in [0.15, 0.2) is 24.3 Å². The second-order valence-corrected chi connectivity index (χ2v) is 7.72. The molecule has 104 valence electrons. The van der Waals surface area contributed by atoms with E-state index in [9.17, 15) is 0 Å². The Kier molecular flexibility index (Phi) is 3.21. The van der Waals surface area contributed by atoms with Crippen LogP contribution in [0.2, 0.25) is 0 Å². The molecule has 2 N–H and O–H groups in total. The molecule has 0 heterocycles. The molecular formula is C18H27N. The predicted octanol–water partition coefficient (Wildman–Crippen LogP) is 4.40. The van der Waals surface area contributed by atoms with Gasteiger partial charge in [0.05, 0.1) is 0 Å². The van der Waals surface area contributed by atoms with Crippen LogP contribution in [-0.4, -0.2) is 5.54 Å². The van der Waals surface area contributed by atoms with Crippen molar-refractivity contribution in [2.75, 3.05) is 0 Å². The van der Waals surface area contributed by atoms with E-state index in [0.717, 1.165) is 12.3 Å². The van der Waals surface area contributed by atoms with Gasteiger partial charge >= 0.3 is 0 Å². The molecule has 2 fully saturated rings. The van der Waals surface area contributed by atoms with E-state index in [4.69, 9.17) is 5.73 Å². The molecule has 2 saturated carbocycles. The second kappa shape index (κ2) is 4.63. The normalized spacial score (nSPS) is 25.2. The van der Waals surface area contributed by atoms with Gasteiger partial charge in [-0.25, -0.2) is 0 Å². The van der Waals surface area contributed by atoms with Crippen LogP contribution in [0, 0.1) is 5.41 Å². The molecule has 0 amide bonds. The molecule has 0 aromatic heterocycles. The van der Waals surface area contributed by atoms with Crippen LogP contribution in [0.4, 0.5) is 0 Å². The molecule has 1 aromatic carbocycles. The first-order valence-corrected chi connectivity index (χ1v) is 7.84. The lowest BCUT2D eigenvalue weighted by Crippen LogP contribution is -2.24. The van der Waals surface area contributed by atoms with Gasteiger partial charge in [-0.1, -0.05) is 38.1 Å². The van der Waals surface area contributed by atoms with E-state index in [1.54, 1.807) is 5.56 Å². The molecule has 0 spiro atoms. The van der Waals surface area contributed by atoms with Gasteiger partial charge in [0.15, 0.2) is 0 Å². The second-order valence-electron chi connectivity index (χ2n) is 7.72. The summed E-state index contributed by atoms with van der Waals surface area (Å²) in [6.45, 7) is 4.82. The highest BCUT2D eigenvalue weighted by Gasteiger charge is 2.38. The largest absolute Gasteiger partial charge is 0.325 e. The number of nitrogens with two attached hydrogens (primary N) is 1. The zero-order valence-electron chi connectivity index (χ0n) is 12.4. The summed E-state index contributed by atoms with van der Waals surface area (Å²) in [5, 5.41) is 0. The van der Waals surface area contributed by atoms with Gasteiger partial charge in [-0.05, 0) is 67.4 Å². The molecule has 19 heavy (non-hydrogen) atoms. The smallest absolute Gasteiger partial charge is 0.0196 e. The Morgan fingerprint density at radius 1 is 1.11 bits per heavy atom. The van der Waals surface area contributed by atoms with Gasteiger partial charge in [0.2, 0.25) is 0 Å². The van der Waals surface area contributed by atoms with Gasteiger partial charge in [-0.2, -0.15) is 0 Å². The third-order valence-electron chi connectivity index (χ3n) is 5.21. The van der Waals surface area contributed by atoms with Crippen molar-refractivity contribution in [1.82, 2.24) is 0 Å². The first-order chi connectivity index (χ1) is 8.96. The van der Waals surface area contributed by atoms with Gasteiger partial charge in [-0.15, -0.1) is 0 Å². The Morgan fingerprint density at radius 3 is 2.42 bits per heavy atom. The van der Waals surface area contributed by atoms with E-state index in [-0.39, 0.29) is 5.54 Å². The Bertz CT molecular complexity index is 447. The van der Waals surface area contributed by atoms with Crippen molar-refractivity contribution in [3.8, 4) is 0 Å². The molecule has 1 aromatic rings. The molecule has 0 radical (unpaired) electrons. The molecule has 2 aliphatic rings. The van der Waals surface area contributed by atoms with Crippen LogP contribution in [-0.2, 0) is 6.42 Å². The molecule has 2 aliphatic carbocycles. The summed E-state index contributed by atoms with van der Waals surface area (Å²) in [4.78, 5) is 0. The van der Waals surface area contributed by atoms with E-state index >= 15 is 0 Å². The summed E-state index contributed by atoms with van der Waals surface area (Å²) in [7, 11) is 0. The number of rotatable bonds is 3.